The molecule has 1 aliphatic heterocycles. The molecule has 3 aromatic carbocycles. The van der Waals surface area contributed by atoms with E-state index in [-0.39, 0.29) is 0 Å². The van der Waals surface area contributed by atoms with E-state index >= 15 is 0 Å². The minimum Gasteiger partial charge on any atom is -0.449 e. The van der Waals surface area contributed by atoms with Gasteiger partial charge in [-0.1, -0.05) is 52.3 Å². The van der Waals surface area contributed by atoms with Crippen LogP contribution in [0.5, 0.6) is 23.0 Å². The van der Waals surface area contributed by atoms with Crippen LogP contribution in [0.3, 0.4) is 0 Å². The van der Waals surface area contributed by atoms with Gasteiger partial charge in [0.1, 0.15) is 0 Å². The fourth-order valence-electron chi connectivity index (χ4n) is 2.41. The van der Waals surface area contributed by atoms with E-state index in [9.17, 15) is 0 Å². The van der Waals surface area contributed by atoms with E-state index in [1.54, 1.807) is 0 Å². The Labute approximate surface area is 131 Å². The molecule has 0 atom stereocenters. The smallest absolute Gasteiger partial charge is 0.177 e. The highest BCUT2D eigenvalue weighted by atomic mass is 79.9. The standard InChI is InChI=1S/C18H11BrO2/c19-13-10-8-12(9-11-13)14-4-3-7-17-18(14)21-16-6-2-1-5-15(16)20-17/h1-11H. The van der Waals surface area contributed by atoms with Crippen molar-refractivity contribution < 1.29 is 9.47 Å². The molecule has 0 saturated heterocycles. The highest BCUT2D eigenvalue weighted by molar-refractivity contribution is 9.10. The molecule has 0 spiro atoms. The van der Waals surface area contributed by atoms with Crippen molar-refractivity contribution in [1.82, 2.24) is 0 Å². The molecular weight excluding hydrogens is 328 g/mol. The molecule has 0 N–H and O–H groups in total. The molecule has 2 nitrogen and oxygen atoms in total. The second kappa shape index (κ2) is 4.93. The van der Waals surface area contributed by atoms with Gasteiger partial charge in [-0.15, -0.1) is 0 Å². The quantitative estimate of drug-likeness (QED) is 0.422. The van der Waals surface area contributed by atoms with Gasteiger partial charge < -0.3 is 9.47 Å². The van der Waals surface area contributed by atoms with Gasteiger partial charge in [0.15, 0.2) is 23.0 Å². The number of para-hydroxylation sites is 3. The van der Waals surface area contributed by atoms with Crippen molar-refractivity contribution >= 4 is 15.9 Å². The van der Waals surface area contributed by atoms with E-state index in [0.29, 0.717) is 0 Å². The van der Waals surface area contributed by atoms with Gasteiger partial charge in [0.25, 0.3) is 0 Å². The molecule has 0 amide bonds. The van der Waals surface area contributed by atoms with Gasteiger partial charge >= 0.3 is 0 Å². The molecule has 0 radical (unpaired) electrons. The van der Waals surface area contributed by atoms with E-state index in [4.69, 9.17) is 9.47 Å². The summed E-state index contributed by atoms with van der Waals surface area (Å²) >= 11 is 3.46. The number of benzene rings is 3. The normalized spacial score (nSPS) is 11.9. The first-order chi connectivity index (χ1) is 10.3. The molecule has 1 aliphatic rings. The van der Waals surface area contributed by atoms with E-state index < -0.39 is 0 Å². The van der Waals surface area contributed by atoms with Crippen LogP contribution in [0.1, 0.15) is 0 Å². The van der Waals surface area contributed by atoms with Crippen molar-refractivity contribution in [2.75, 3.05) is 0 Å². The lowest BCUT2D eigenvalue weighted by atomic mass is 10.0. The van der Waals surface area contributed by atoms with Crippen LogP contribution in [0, 0.1) is 0 Å². The Balaban J connectivity index is 1.84. The van der Waals surface area contributed by atoms with Crippen LogP contribution in [0.4, 0.5) is 0 Å². The van der Waals surface area contributed by atoms with Gasteiger partial charge in [-0.05, 0) is 35.9 Å². The maximum atomic E-state index is 6.06. The number of fused-ring (bicyclic) bond motifs is 2. The van der Waals surface area contributed by atoms with Crippen molar-refractivity contribution in [3.8, 4) is 34.1 Å². The largest absolute Gasteiger partial charge is 0.449 e. The number of ether oxygens (including phenoxy) is 2. The van der Waals surface area contributed by atoms with E-state index in [2.05, 4.69) is 28.1 Å². The molecule has 3 heteroatoms. The Morgan fingerprint density at radius 1 is 0.619 bits per heavy atom. The Morgan fingerprint density at radius 2 is 1.29 bits per heavy atom. The molecule has 0 bridgehead atoms. The molecule has 0 aliphatic carbocycles. The average molecular weight is 339 g/mol. The summed E-state index contributed by atoms with van der Waals surface area (Å²) in [5.74, 6) is 3.00. The zero-order chi connectivity index (χ0) is 14.2. The predicted molar refractivity (Wildman–Crippen MR) is 86.2 cm³/mol. The molecule has 0 aromatic heterocycles. The fraction of sp³-hybridized carbons (Fsp3) is 0. The van der Waals surface area contributed by atoms with Crippen molar-refractivity contribution in [2.45, 2.75) is 0 Å². The third kappa shape index (κ3) is 2.20. The van der Waals surface area contributed by atoms with E-state index in [1.165, 1.54) is 0 Å². The molecular formula is C18H11BrO2. The summed E-state index contributed by atoms with van der Waals surface area (Å²) < 4.78 is 13.0. The molecule has 1 heterocycles. The van der Waals surface area contributed by atoms with Crippen LogP contribution >= 0.6 is 15.9 Å². The number of hydrogen-bond acceptors (Lipinski definition) is 2. The predicted octanol–water partition coefficient (Wildman–Crippen LogP) is 6.01. The molecule has 0 saturated carbocycles. The summed E-state index contributed by atoms with van der Waals surface area (Å²) in [6, 6.07) is 21.8. The van der Waals surface area contributed by atoms with E-state index in [0.717, 1.165) is 38.6 Å². The Kier molecular flexibility index (Phi) is 2.93. The van der Waals surface area contributed by atoms with Crippen LogP contribution in [-0.4, -0.2) is 0 Å². The van der Waals surface area contributed by atoms with E-state index in [1.807, 2.05) is 54.6 Å². The fourth-order valence-corrected chi connectivity index (χ4v) is 2.67. The lowest BCUT2D eigenvalue weighted by Crippen LogP contribution is -2.00. The van der Waals surface area contributed by atoms with Crippen LogP contribution in [-0.2, 0) is 0 Å². The molecule has 102 valence electrons. The van der Waals surface area contributed by atoms with Crippen LogP contribution in [0.2, 0.25) is 0 Å². The third-order valence-corrected chi connectivity index (χ3v) is 3.94. The molecule has 0 unspecified atom stereocenters. The van der Waals surface area contributed by atoms with Crippen molar-refractivity contribution in [2.24, 2.45) is 0 Å². The van der Waals surface area contributed by atoms with Gasteiger partial charge in [0.05, 0.1) is 0 Å². The zero-order valence-corrected chi connectivity index (χ0v) is 12.6. The average Bonchev–Trinajstić information content (AvgIpc) is 2.53. The summed E-state index contributed by atoms with van der Waals surface area (Å²) in [6.45, 7) is 0. The Morgan fingerprint density at radius 3 is 2.05 bits per heavy atom. The monoisotopic (exact) mass is 338 g/mol. The van der Waals surface area contributed by atoms with Crippen molar-refractivity contribution in [3.05, 3.63) is 71.2 Å². The lowest BCUT2D eigenvalue weighted by Gasteiger charge is -2.22. The topological polar surface area (TPSA) is 18.5 Å². The summed E-state index contributed by atoms with van der Waals surface area (Å²) in [5, 5.41) is 0. The molecule has 4 rings (SSSR count). The SMILES string of the molecule is Brc1ccc(-c2cccc3c2Oc2ccccc2O3)cc1. The maximum absolute atomic E-state index is 6.06. The van der Waals surface area contributed by atoms with Gasteiger partial charge in [-0.2, -0.15) is 0 Å². The Bertz CT molecular complexity index is 810. The van der Waals surface area contributed by atoms with Crippen LogP contribution in [0.15, 0.2) is 71.2 Å². The third-order valence-electron chi connectivity index (χ3n) is 3.42. The molecule has 21 heavy (non-hydrogen) atoms. The number of rotatable bonds is 1. The minimum absolute atomic E-state index is 0.745. The summed E-state index contributed by atoms with van der Waals surface area (Å²) in [4.78, 5) is 0. The van der Waals surface area contributed by atoms with Crippen LogP contribution < -0.4 is 9.47 Å². The number of halogens is 1. The number of hydrogen-bond donors (Lipinski definition) is 0. The minimum atomic E-state index is 0.745. The van der Waals surface area contributed by atoms with Crippen LogP contribution in [0.25, 0.3) is 11.1 Å². The van der Waals surface area contributed by atoms with Gasteiger partial charge in [-0.3, -0.25) is 0 Å². The van der Waals surface area contributed by atoms with Gasteiger partial charge in [0.2, 0.25) is 0 Å². The first-order valence-corrected chi connectivity index (χ1v) is 7.44. The zero-order valence-electron chi connectivity index (χ0n) is 11.0. The Hall–Kier alpha value is -2.26. The van der Waals surface area contributed by atoms with Gasteiger partial charge in [-0.25, -0.2) is 0 Å². The molecule has 0 fully saturated rings. The first-order valence-electron chi connectivity index (χ1n) is 6.65. The summed E-state index contributed by atoms with van der Waals surface area (Å²) in [7, 11) is 0. The first kappa shape index (κ1) is 12.5. The summed E-state index contributed by atoms with van der Waals surface area (Å²) in [6.07, 6.45) is 0. The highest BCUT2D eigenvalue weighted by Gasteiger charge is 2.21. The highest BCUT2D eigenvalue weighted by Crippen LogP contribution is 2.49. The lowest BCUT2D eigenvalue weighted by molar-refractivity contribution is 0.361. The van der Waals surface area contributed by atoms with Crippen molar-refractivity contribution in [3.63, 3.8) is 0 Å². The second-order valence-electron chi connectivity index (χ2n) is 4.79. The van der Waals surface area contributed by atoms with Gasteiger partial charge in [0, 0.05) is 10.0 Å². The van der Waals surface area contributed by atoms with Crippen molar-refractivity contribution in [1.29, 1.82) is 0 Å². The summed E-state index contributed by atoms with van der Waals surface area (Å²) in [5.41, 5.74) is 2.12. The molecule has 3 aromatic rings. The second-order valence-corrected chi connectivity index (χ2v) is 5.71. The maximum Gasteiger partial charge on any atom is 0.177 e.